The fraction of sp³-hybridized carbons (Fsp3) is 0.588. The molecule has 140 valence electrons. The number of hydrogen-bond acceptors (Lipinski definition) is 2. The second-order valence-corrected chi connectivity index (χ2v) is 6.31. The molecule has 0 heterocycles. The molecule has 0 unspecified atom stereocenters. The van der Waals surface area contributed by atoms with Crippen LogP contribution in [-0.4, -0.2) is 10.9 Å². The maximum Gasteiger partial charge on any atom is 0.416 e. The molecule has 2 atom stereocenters. The summed E-state index contributed by atoms with van der Waals surface area (Å²) in [4.78, 5) is 12.1. The first-order valence-corrected chi connectivity index (χ1v) is 8.00. The Morgan fingerprint density at radius 1 is 0.880 bits per heavy atom. The number of halogens is 6. The third-order valence-corrected chi connectivity index (χ3v) is 4.43. The predicted molar refractivity (Wildman–Crippen MR) is 77.6 cm³/mol. The molecule has 2 nitrogen and oxygen atoms in total. The highest BCUT2D eigenvalue weighted by atomic mass is 19.4. The molecular formula is C17H18F6O2. The lowest BCUT2D eigenvalue weighted by molar-refractivity contribution is -0.143. The van der Waals surface area contributed by atoms with Crippen LogP contribution in [0.3, 0.4) is 0 Å². The molecule has 1 saturated carbocycles. The molecule has 1 aliphatic carbocycles. The van der Waals surface area contributed by atoms with Crippen LogP contribution in [-0.2, 0) is 17.1 Å². The van der Waals surface area contributed by atoms with E-state index in [4.69, 9.17) is 0 Å². The lowest BCUT2D eigenvalue weighted by atomic mass is 9.83. The van der Waals surface area contributed by atoms with Gasteiger partial charge in [0.25, 0.3) is 0 Å². The number of Topliss-reactive ketones (excluding diaryl/α,β-unsaturated/α-hetero) is 1. The van der Waals surface area contributed by atoms with Crippen LogP contribution >= 0.6 is 0 Å². The van der Waals surface area contributed by atoms with Crippen LogP contribution in [0, 0.1) is 5.92 Å². The summed E-state index contributed by atoms with van der Waals surface area (Å²) < 4.78 is 77.5. The molecule has 1 aromatic rings. The zero-order valence-electron chi connectivity index (χ0n) is 13.3. The van der Waals surface area contributed by atoms with Crippen molar-refractivity contribution in [1.82, 2.24) is 0 Å². The summed E-state index contributed by atoms with van der Waals surface area (Å²) in [7, 11) is 0. The first-order chi connectivity index (χ1) is 11.5. The van der Waals surface area contributed by atoms with Crippen molar-refractivity contribution < 1.29 is 36.2 Å². The van der Waals surface area contributed by atoms with Gasteiger partial charge < -0.3 is 5.11 Å². The van der Waals surface area contributed by atoms with Gasteiger partial charge in [-0.25, -0.2) is 0 Å². The molecule has 0 aromatic heterocycles. The van der Waals surface area contributed by atoms with E-state index >= 15 is 0 Å². The van der Waals surface area contributed by atoms with Crippen molar-refractivity contribution >= 4 is 5.78 Å². The van der Waals surface area contributed by atoms with E-state index in [0.717, 1.165) is 12.8 Å². The van der Waals surface area contributed by atoms with Gasteiger partial charge in [0, 0.05) is 12.3 Å². The number of carbonyl (C=O) groups excluding carboxylic acids is 1. The Labute approximate surface area is 140 Å². The second kappa shape index (κ2) is 7.35. The molecular weight excluding hydrogens is 350 g/mol. The lowest BCUT2D eigenvalue weighted by Gasteiger charge is -2.25. The van der Waals surface area contributed by atoms with Gasteiger partial charge >= 0.3 is 12.4 Å². The Morgan fingerprint density at radius 2 is 1.40 bits per heavy atom. The third kappa shape index (κ3) is 4.96. The minimum atomic E-state index is -4.99. The van der Waals surface area contributed by atoms with E-state index < -0.39 is 41.1 Å². The zero-order valence-corrected chi connectivity index (χ0v) is 13.3. The Balaban J connectivity index is 2.43. The fourth-order valence-electron chi connectivity index (χ4n) is 3.08. The average molecular weight is 368 g/mol. The molecule has 1 N–H and O–H groups in total. The number of aliphatic hydroxyl groups excluding tert-OH is 1. The number of carbonyl (C=O) groups is 1. The van der Waals surface area contributed by atoms with Crippen LogP contribution in [0.2, 0.25) is 0 Å². The van der Waals surface area contributed by atoms with E-state index in [1.165, 1.54) is 0 Å². The molecule has 8 heteroatoms. The SMILES string of the molecule is O=C1CCCCCC[C@@H]1[C@@H](O)c1cc(C(F)(F)F)cc(C(F)(F)F)c1. The molecule has 1 aliphatic rings. The smallest absolute Gasteiger partial charge is 0.388 e. The third-order valence-electron chi connectivity index (χ3n) is 4.43. The quantitative estimate of drug-likeness (QED) is 0.720. The molecule has 0 amide bonds. The molecule has 25 heavy (non-hydrogen) atoms. The van der Waals surface area contributed by atoms with Gasteiger partial charge in [-0.1, -0.05) is 19.3 Å². The number of alkyl halides is 6. The molecule has 0 saturated heterocycles. The van der Waals surface area contributed by atoms with Gasteiger partial charge in [0.2, 0.25) is 0 Å². The summed E-state index contributed by atoms with van der Waals surface area (Å²) in [5, 5.41) is 10.4. The van der Waals surface area contributed by atoms with Gasteiger partial charge in [-0.2, -0.15) is 26.3 Å². The van der Waals surface area contributed by atoms with E-state index in [1.807, 2.05) is 0 Å². The molecule has 1 fully saturated rings. The van der Waals surface area contributed by atoms with Crippen molar-refractivity contribution in [2.75, 3.05) is 0 Å². The Kier molecular flexibility index (Phi) is 5.81. The lowest BCUT2D eigenvalue weighted by Crippen LogP contribution is -2.24. The molecule has 0 aliphatic heterocycles. The summed E-state index contributed by atoms with van der Waals surface area (Å²) in [6, 6.07) is 0.994. The van der Waals surface area contributed by atoms with E-state index in [2.05, 4.69) is 0 Å². The van der Waals surface area contributed by atoms with Crippen LogP contribution in [0.25, 0.3) is 0 Å². The van der Waals surface area contributed by atoms with Gasteiger partial charge in [-0.3, -0.25) is 4.79 Å². The fourth-order valence-corrected chi connectivity index (χ4v) is 3.08. The summed E-state index contributed by atoms with van der Waals surface area (Å²) in [5.41, 5.74) is -3.51. The highest BCUT2D eigenvalue weighted by molar-refractivity contribution is 5.81. The standard InChI is InChI=1S/C17H18F6O2/c18-16(19,20)11-7-10(8-12(9-11)17(21,22)23)15(25)13-5-3-1-2-4-6-14(13)24/h7-9,13,15,25H,1-6H2/t13-,15-/m0/s1. The normalized spacial score (nSPS) is 21.6. The molecule has 0 spiro atoms. The minimum absolute atomic E-state index is 0.0101. The maximum absolute atomic E-state index is 12.9. The van der Waals surface area contributed by atoms with E-state index in [-0.39, 0.29) is 24.7 Å². The monoisotopic (exact) mass is 368 g/mol. The summed E-state index contributed by atoms with van der Waals surface area (Å²) in [5.74, 6) is -1.30. The van der Waals surface area contributed by atoms with Crippen molar-refractivity contribution in [1.29, 1.82) is 0 Å². The largest absolute Gasteiger partial charge is 0.416 e. The van der Waals surface area contributed by atoms with Gasteiger partial charge in [-0.15, -0.1) is 0 Å². The van der Waals surface area contributed by atoms with Crippen LogP contribution in [0.4, 0.5) is 26.3 Å². The van der Waals surface area contributed by atoms with Crippen LogP contribution in [0.15, 0.2) is 18.2 Å². The Hall–Kier alpha value is -1.57. The minimum Gasteiger partial charge on any atom is -0.388 e. The van der Waals surface area contributed by atoms with Gasteiger partial charge in [0.05, 0.1) is 17.2 Å². The highest BCUT2D eigenvalue weighted by Gasteiger charge is 2.38. The number of aliphatic hydroxyl groups is 1. The van der Waals surface area contributed by atoms with Crippen LogP contribution in [0.5, 0.6) is 0 Å². The van der Waals surface area contributed by atoms with E-state index in [0.29, 0.717) is 25.0 Å². The number of ketones is 1. The van der Waals surface area contributed by atoms with Crippen LogP contribution < -0.4 is 0 Å². The molecule has 1 aromatic carbocycles. The van der Waals surface area contributed by atoms with Crippen molar-refractivity contribution in [2.45, 2.75) is 57.0 Å². The Bertz CT molecular complexity index is 588. The van der Waals surface area contributed by atoms with Crippen molar-refractivity contribution in [3.63, 3.8) is 0 Å². The first-order valence-electron chi connectivity index (χ1n) is 8.00. The van der Waals surface area contributed by atoms with Crippen LogP contribution in [0.1, 0.15) is 61.3 Å². The second-order valence-electron chi connectivity index (χ2n) is 6.31. The van der Waals surface area contributed by atoms with E-state index in [9.17, 15) is 36.2 Å². The first kappa shape index (κ1) is 19.8. The molecule has 0 bridgehead atoms. The summed E-state index contributed by atoms with van der Waals surface area (Å²) >= 11 is 0. The van der Waals surface area contributed by atoms with Gasteiger partial charge in [0.15, 0.2) is 0 Å². The number of rotatable bonds is 2. The Morgan fingerprint density at radius 3 is 1.92 bits per heavy atom. The zero-order chi connectivity index (χ0) is 18.8. The molecule has 0 radical (unpaired) electrons. The maximum atomic E-state index is 12.9. The summed E-state index contributed by atoms with van der Waals surface area (Å²) in [6.45, 7) is 0. The van der Waals surface area contributed by atoms with E-state index in [1.54, 1.807) is 0 Å². The summed E-state index contributed by atoms with van der Waals surface area (Å²) in [6.07, 6.45) is -8.37. The predicted octanol–water partition coefficient (Wildman–Crippen LogP) is 5.30. The highest BCUT2D eigenvalue weighted by Crippen LogP contribution is 2.39. The van der Waals surface area contributed by atoms with Crippen molar-refractivity contribution in [3.05, 3.63) is 34.9 Å². The van der Waals surface area contributed by atoms with Crippen molar-refractivity contribution in [2.24, 2.45) is 5.92 Å². The number of benzene rings is 1. The topological polar surface area (TPSA) is 37.3 Å². The number of hydrogen-bond donors (Lipinski definition) is 1. The average Bonchev–Trinajstić information content (AvgIpc) is 2.48. The van der Waals surface area contributed by atoms with Gasteiger partial charge in [-0.05, 0) is 36.6 Å². The van der Waals surface area contributed by atoms with Gasteiger partial charge in [0.1, 0.15) is 5.78 Å². The van der Waals surface area contributed by atoms with Crippen molar-refractivity contribution in [3.8, 4) is 0 Å². The molecule has 2 rings (SSSR count).